The Kier molecular flexibility index (Phi) is 5.97. The lowest BCUT2D eigenvalue weighted by atomic mass is 10.0. The van der Waals surface area contributed by atoms with Crippen molar-refractivity contribution in [2.24, 2.45) is 0 Å². The van der Waals surface area contributed by atoms with Crippen LogP contribution in [0, 0.1) is 0 Å². The van der Waals surface area contributed by atoms with Gasteiger partial charge in [0.05, 0.1) is 30.9 Å². The maximum Gasteiger partial charge on any atom is 0.0963 e. The van der Waals surface area contributed by atoms with Crippen molar-refractivity contribution >= 4 is 0 Å². The number of rotatable bonds is 7. The van der Waals surface area contributed by atoms with Crippen LogP contribution in [0.25, 0.3) is 22.5 Å². The monoisotopic (exact) mass is 361 g/mol. The summed E-state index contributed by atoms with van der Waals surface area (Å²) in [4.78, 5) is 7.27. The van der Waals surface area contributed by atoms with E-state index in [-0.39, 0.29) is 0 Å². The highest BCUT2D eigenvalue weighted by Crippen LogP contribution is 2.31. The molecule has 1 saturated heterocycles. The standard InChI is InChI=1S/C23H27N3O/c1-3-9-20(10-4-1)22-23(21-11-5-2-6-12-21)26(19-24-22)14-8-7-13-25-15-17-27-18-16-25/h1-6,9-12,19H,7-8,13-18H2. The van der Waals surface area contributed by atoms with Gasteiger partial charge in [-0.1, -0.05) is 60.7 Å². The second-order valence-corrected chi connectivity index (χ2v) is 7.03. The van der Waals surface area contributed by atoms with Crippen LogP contribution in [-0.2, 0) is 11.3 Å². The molecule has 0 saturated carbocycles. The van der Waals surface area contributed by atoms with E-state index < -0.39 is 0 Å². The molecule has 0 bridgehead atoms. The Balaban J connectivity index is 1.49. The summed E-state index contributed by atoms with van der Waals surface area (Å²) in [5, 5.41) is 0. The van der Waals surface area contributed by atoms with Crippen molar-refractivity contribution in [3.63, 3.8) is 0 Å². The number of benzene rings is 2. The lowest BCUT2D eigenvalue weighted by Gasteiger charge is -2.26. The van der Waals surface area contributed by atoms with Crippen molar-refractivity contribution in [1.29, 1.82) is 0 Å². The van der Waals surface area contributed by atoms with E-state index in [0.717, 1.165) is 51.5 Å². The van der Waals surface area contributed by atoms with Crippen LogP contribution in [0.4, 0.5) is 0 Å². The quantitative estimate of drug-likeness (QED) is 0.587. The predicted octanol–water partition coefficient (Wildman–Crippen LogP) is 4.33. The molecule has 0 spiro atoms. The first-order valence-electron chi connectivity index (χ1n) is 9.88. The zero-order chi connectivity index (χ0) is 18.3. The number of aromatic nitrogens is 2. The van der Waals surface area contributed by atoms with E-state index in [1.54, 1.807) is 0 Å². The maximum atomic E-state index is 5.43. The van der Waals surface area contributed by atoms with Crippen LogP contribution in [0.3, 0.4) is 0 Å². The smallest absolute Gasteiger partial charge is 0.0963 e. The summed E-state index contributed by atoms with van der Waals surface area (Å²) < 4.78 is 7.75. The summed E-state index contributed by atoms with van der Waals surface area (Å²) in [5.41, 5.74) is 4.67. The van der Waals surface area contributed by atoms with Crippen LogP contribution < -0.4 is 0 Å². The van der Waals surface area contributed by atoms with Gasteiger partial charge in [-0.15, -0.1) is 0 Å². The van der Waals surface area contributed by atoms with Gasteiger partial charge in [0.15, 0.2) is 0 Å². The normalized spacial score (nSPS) is 15.1. The van der Waals surface area contributed by atoms with Crippen LogP contribution >= 0.6 is 0 Å². The highest BCUT2D eigenvalue weighted by molar-refractivity contribution is 5.78. The maximum absolute atomic E-state index is 5.43. The minimum Gasteiger partial charge on any atom is -0.379 e. The number of nitrogens with zero attached hydrogens (tertiary/aromatic N) is 3. The number of morpholine rings is 1. The molecule has 140 valence electrons. The lowest BCUT2D eigenvalue weighted by molar-refractivity contribution is 0.0371. The van der Waals surface area contributed by atoms with Crippen molar-refractivity contribution < 1.29 is 4.74 Å². The van der Waals surface area contributed by atoms with Crippen molar-refractivity contribution in [2.75, 3.05) is 32.8 Å². The summed E-state index contributed by atoms with van der Waals surface area (Å²) >= 11 is 0. The second kappa shape index (κ2) is 8.98. The Morgan fingerprint density at radius 3 is 2.11 bits per heavy atom. The third-order valence-corrected chi connectivity index (χ3v) is 5.16. The third kappa shape index (κ3) is 4.46. The zero-order valence-corrected chi connectivity index (χ0v) is 15.8. The van der Waals surface area contributed by atoms with Crippen molar-refractivity contribution in [3.05, 3.63) is 67.0 Å². The number of imidazole rings is 1. The van der Waals surface area contributed by atoms with Crippen molar-refractivity contribution in [1.82, 2.24) is 14.5 Å². The molecule has 0 unspecified atom stereocenters. The van der Waals surface area contributed by atoms with Gasteiger partial charge in [0, 0.05) is 30.8 Å². The third-order valence-electron chi connectivity index (χ3n) is 5.16. The van der Waals surface area contributed by atoms with E-state index in [1.165, 1.54) is 23.2 Å². The average molecular weight is 361 g/mol. The molecular formula is C23H27N3O. The van der Waals surface area contributed by atoms with E-state index in [4.69, 9.17) is 9.72 Å². The molecule has 27 heavy (non-hydrogen) atoms. The Morgan fingerprint density at radius 2 is 1.41 bits per heavy atom. The molecule has 1 aliphatic rings. The average Bonchev–Trinajstić information content (AvgIpc) is 3.17. The first-order valence-corrected chi connectivity index (χ1v) is 9.88. The van der Waals surface area contributed by atoms with E-state index in [1.807, 2.05) is 12.4 Å². The van der Waals surface area contributed by atoms with Crippen LogP contribution in [0.1, 0.15) is 12.8 Å². The van der Waals surface area contributed by atoms with Crippen molar-refractivity contribution in [3.8, 4) is 22.5 Å². The molecular weight excluding hydrogens is 334 g/mol. The van der Waals surface area contributed by atoms with Gasteiger partial charge in [-0.2, -0.15) is 0 Å². The topological polar surface area (TPSA) is 30.3 Å². The molecule has 0 amide bonds. The first-order chi connectivity index (χ1) is 13.4. The van der Waals surface area contributed by atoms with Crippen LogP contribution in [0.15, 0.2) is 67.0 Å². The number of ether oxygens (including phenoxy) is 1. The van der Waals surface area contributed by atoms with E-state index >= 15 is 0 Å². The lowest BCUT2D eigenvalue weighted by Crippen LogP contribution is -2.36. The second-order valence-electron chi connectivity index (χ2n) is 7.03. The van der Waals surface area contributed by atoms with Gasteiger partial charge in [-0.3, -0.25) is 4.90 Å². The molecule has 1 aliphatic heterocycles. The van der Waals surface area contributed by atoms with Gasteiger partial charge < -0.3 is 9.30 Å². The first kappa shape index (κ1) is 18.0. The fourth-order valence-electron chi connectivity index (χ4n) is 3.70. The van der Waals surface area contributed by atoms with Crippen LogP contribution in [0.5, 0.6) is 0 Å². The Hall–Kier alpha value is -2.43. The fraction of sp³-hybridized carbons (Fsp3) is 0.348. The van der Waals surface area contributed by atoms with Crippen molar-refractivity contribution in [2.45, 2.75) is 19.4 Å². The van der Waals surface area contributed by atoms with Gasteiger partial charge in [0.1, 0.15) is 0 Å². The largest absolute Gasteiger partial charge is 0.379 e. The molecule has 4 rings (SSSR count). The Bertz CT molecular complexity index is 823. The molecule has 4 heteroatoms. The Labute approximate surface area is 161 Å². The number of aryl methyl sites for hydroxylation is 1. The van der Waals surface area contributed by atoms with Gasteiger partial charge in [0.25, 0.3) is 0 Å². The zero-order valence-electron chi connectivity index (χ0n) is 15.8. The highest BCUT2D eigenvalue weighted by Gasteiger charge is 2.15. The van der Waals surface area contributed by atoms with Gasteiger partial charge in [-0.25, -0.2) is 4.98 Å². The molecule has 2 aromatic carbocycles. The van der Waals surface area contributed by atoms with E-state index in [2.05, 4.69) is 64.1 Å². The van der Waals surface area contributed by atoms with Gasteiger partial charge >= 0.3 is 0 Å². The van der Waals surface area contributed by atoms with Crippen LogP contribution in [0.2, 0.25) is 0 Å². The highest BCUT2D eigenvalue weighted by atomic mass is 16.5. The molecule has 0 aliphatic carbocycles. The van der Waals surface area contributed by atoms with Gasteiger partial charge in [-0.05, 0) is 19.4 Å². The minimum atomic E-state index is 0.875. The molecule has 1 aromatic heterocycles. The number of hydrogen-bond donors (Lipinski definition) is 0. The molecule has 1 fully saturated rings. The van der Waals surface area contributed by atoms with E-state index in [9.17, 15) is 0 Å². The molecule has 0 N–H and O–H groups in total. The molecule has 3 aromatic rings. The number of hydrogen-bond acceptors (Lipinski definition) is 3. The summed E-state index contributed by atoms with van der Waals surface area (Å²) in [6, 6.07) is 21.1. The predicted molar refractivity (Wildman–Crippen MR) is 110 cm³/mol. The minimum absolute atomic E-state index is 0.875. The van der Waals surface area contributed by atoms with Gasteiger partial charge in [0.2, 0.25) is 0 Å². The summed E-state index contributed by atoms with van der Waals surface area (Å²) in [6.07, 6.45) is 4.36. The molecule has 0 atom stereocenters. The molecule has 2 heterocycles. The summed E-state index contributed by atoms with van der Waals surface area (Å²) in [7, 11) is 0. The van der Waals surface area contributed by atoms with Crippen LogP contribution in [-0.4, -0.2) is 47.3 Å². The van der Waals surface area contributed by atoms with E-state index in [0.29, 0.717) is 0 Å². The SMILES string of the molecule is c1ccc(-c2ncn(CCCCN3CCOCC3)c2-c2ccccc2)cc1. The Morgan fingerprint density at radius 1 is 0.778 bits per heavy atom. The molecule has 0 radical (unpaired) electrons. The number of unbranched alkanes of at least 4 members (excludes halogenated alkanes) is 1. The summed E-state index contributed by atoms with van der Waals surface area (Å²) in [5.74, 6) is 0. The molecule has 4 nitrogen and oxygen atoms in total. The fourth-order valence-corrected chi connectivity index (χ4v) is 3.70. The summed E-state index contributed by atoms with van der Waals surface area (Å²) in [6.45, 7) is 6.04.